The Hall–Kier alpha value is -3.79. The van der Waals surface area contributed by atoms with Gasteiger partial charge in [0.2, 0.25) is 14.3 Å². The number of carbonyl (C=O) groups is 2. The molecule has 6 rings (SSSR count). The summed E-state index contributed by atoms with van der Waals surface area (Å²) in [7, 11) is -3.24. The summed E-state index contributed by atoms with van der Waals surface area (Å²) in [6.45, 7) is 5.36. The van der Waals surface area contributed by atoms with Crippen molar-refractivity contribution in [2.24, 2.45) is 5.92 Å². The van der Waals surface area contributed by atoms with Gasteiger partial charge in [0.15, 0.2) is 5.60 Å². The van der Waals surface area contributed by atoms with E-state index in [9.17, 15) is 14.7 Å². The SMILES string of the molecule is C[C@H]1[C@H]([Si](C)(C)F)[C@@H](CCO)O[C@]12C(=O)N(Cc1cccc(NC(=O)Cc3c[nH]c4ccccc34)c1)c1ccccc12. The minimum Gasteiger partial charge on any atom is -0.396 e. The van der Waals surface area contributed by atoms with Gasteiger partial charge in [0.1, 0.15) is 0 Å². The number of H-pyrrole nitrogens is 1. The van der Waals surface area contributed by atoms with E-state index in [0.717, 1.165) is 33.3 Å². The molecule has 42 heavy (non-hydrogen) atoms. The molecule has 1 aromatic heterocycles. The second-order valence-electron chi connectivity index (χ2n) is 12.0. The Labute approximate surface area is 245 Å². The highest BCUT2D eigenvalue weighted by Gasteiger charge is 2.66. The van der Waals surface area contributed by atoms with Gasteiger partial charge in [0.25, 0.3) is 5.91 Å². The van der Waals surface area contributed by atoms with Crippen LogP contribution in [0.5, 0.6) is 0 Å². The standard InChI is InChI=1S/C33H36FN3O4Si/c1-21-31(42(2,3)34)29(15-16-38)41-33(21)26-12-5-7-14-28(26)37(32(33)40)20-22-9-8-10-24(17-22)36-30(39)18-23-19-35-27-13-6-4-11-25(23)27/h4-14,17,19,21,29,31,35,38H,15-16,18,20H2,1-3H3,(H,36,39)/t21-,29+,31-,33+/m0/s1. The van der Waals surface area contributed by atoms with Crippen LogP contribution < -0.4 is 10.2 Å². The summed E-state index contributed by atoms with van der Waals surface area (Å²) < 4.78 is 22.2. The first-order valence-corrected chi connectivity index (χ1v) is 17.4. The molecule has 0 aliphatic carbocycles. The molecule has 0 radical (unpaired) electrons. The molecule has 2 aliphatic heterocycles. The van der Waals surface area contributed by atoms with E-state index in [1.165, 1.54) is 0 Å². The Bertz CT molecular complexity index is 1650. The van der Waals surface area contributed by atoms with Crippen molar-refractivity contribution in [3.05, 3.63) is 95.7 Å². The van der Waals surface area contributed by atoms with Gasteiger partial charge in [-0.05, 0) is 54.9 Å². The lowest BCUT2D eigenvalue weighted by atomic mass is 9.82. The zero-order valence-corrected chi connectivity index (χ0v) is 25.1. The first-order chi connectivity index (χ1) is 20.1. The zero-order valence-electron chi connectivity index (χ0n) is 24.1. The van der Waals surface area contributed by atoms with Gasteiger partial charge >= 0.3 is 0 Å². The molecule has 9 heteroatoms. The second kappa shape index (κ2) is 10.8. The lowest BCUT2D eigenvalue weighted by Gasteiger charge is -2.31. The number of nitrogens with one attached hydrogen (secondary N) is 2. The Balaban J connectivity index is 1.25. The van der Waals surface area contributed by atoms with Crippen LogP contribution in [0.2, 0.25) is 18.6 Å². The molecule has 3 aromatic carbocycles. The topological polar surface area (TPSA) is 94.7 Å². The smallest absolute Gasteiger partial charge is 0.264 e. The highest BCUT2D eigenvalue weighted by Crippen LogP contribution is 2.60. The summed E-state index contributed by atoms with van der Waals surface area (Å²) in [5, 5.41) is 13.7. The van der Waals surface area contributed by atoms with Crippen LogP contribution in [0.3, 0.4) is 0 Å². The normalized spacial score (nSPS) is 23.6. The van der Waals surface area contributed by atoms with E-state index >= 15 is 4.11 Å². The molecular weight excluding hydrogens is 549 g/mol. The molecule has 0 saturated carbocycles. The lowest BCUT2D eigenvalue weighted by Crippen LogP contribution is -2.45. The Morgan fingerprint density at radius 1 is 1.12 bits per heavy atom. The van der Waals surface area contributed by atoms with Crippen LogP contribution in [0.1, 0.15) is 30.0 Å². The highest BCUT2D eigenvalue weighted by atomic mass is 28.4. The summed E-state index contributed by atoms with van der Waals surface area (Å²) in [6.07, 6.45) is 1.84. The average Bonchev–Trinajstić information content (AvgIpc) is 3.57. The van der Waals surface area contributed by atoms with E-state index in [1.807, 2.05) is 85.9 Å². The Morgan fingerprint density at radius 2 is 1.88 bits per heavy atom. The number of anilines is 2. The molecule has 4 atom stereocenters. The summed E-state index contributed by atoms with van der Waals surface area (Å²) in [6, 6.07) is 22.9. The number of rotatable bonds is 8. The number of fused-ring (bicyclic) bond motifs is 3. The number of carbonyl (C=O) groups excluding carboxylic acids is 2. The third-order valence-corrected chi connectivity index (χ3v) is 11.3. The van der Waals surface area contributed by atoms with E-state index in [4.69, 9.17) is 4.74 Å². The van der Waals surface area contributed by atoms with Gasteiger partial charge in [0, 0.05) is 46.4 Å². The van der Waals surface area contributed by atoms with Crippen LogP contribution in [0, 0.1) is 5.92 Å². The molecule has 4 aromatic rings. The van der Waals surface area contributed by atoms with Gasteiger partial charge in [-0.1, -0.05) is 55.5 Å². The number of benzene rings is 3. The van der Waals surface area contributed by atoms with E-state index in [0.29, 0.717) is 5.69 Å². The lowest BCUT2D eigenvalue weighted by molar-refractivity contribution is -0.146. The van der Waals surface area contributed by atoms with Crippen molar-refractivity contribution in [3.63, 3.8) is 0 Å². The molecule has 3 heterocycles. The van der Waals surface area contributed by atoms with Crippen LogP contribution in [0.25, 0.3) is 10.9 Å². The largest absolute Gasteiger partial charge is 0.396 e. The van der Waals surface area contributed by atoms with Gasteiger partial charge in [-0.25, -0.2) is 0 Å². The monoisotopic (exact) mass is 585 g/mol. The number of hydrogen-bond acceptors (Lipinski definition) is 4. The van der Waals surface area contributed by atoms with Crippen LogP contribution >= 0.6 is 0 Å². The summed E-state index contributed by atoms with van der Waals surface area (Å²) in [5.74, 6) is -0.742. The van der Waals surface area contributed by atoms with Gasteiger partial charge in [-0.15, -0.1) is 0 Å². The van der Waals surface area contributed by atoms with E-state index < -0.39 is 31.6 Å². The number of aromatic nitrogens is 1. The molecule has 2 aliphatic rings. The predicted octanol–water partition coefficient (Wildman–Crippen LogP) is 6.05. The van der Waals surface area contributed by atoms with Gasteiger partial charge in [0.05, 0.1) is 24.8 Å². The molecule has 7 nitrogen and oxygen atoms in total. The Morgan fingerprint density at radius 3 is 2.67 bits per heavy atom. The molecule has 218 valence electrons. The second-order valence-corrected chi connectivity index (χ2v) is 15.8. The minimum atomic E-state index is -3.24. The first kappa shape index (κ1) is 28.3. The fraction of sp³-hybridized carbons (Fsp3) is 0.333. The Kier molecular flexibility index (Phi) is 7.28. The molecule has 0 bridgehead atoms. The molecule has 2 amide bonds. The van der Waals surface area contributed by atoms with Crippen LogP contribution in [-0.4, -0.2) is 43.0 Å². The number of aromatic amines is 1. The number of ether oxygens (including phenoxy) is 1. The fourth-order valence-electron chi connectivity index (χ4n) is 7.14. The molecule has 1 saturated heterocycles. The van der Waals surface area contributed by atoms with Crippen molar-refractivity contribution in [2.45, 2.75) is 56.7 Å². The maximum atomic E-state index is 15.7. The predicted molar refractivity (Wildman–Crippen MR) is 164 cm³/mol. The molecule has 3 N–H and O–H groups in total. The number of aliphatic hydroxyl groups is 1. The van der Waals surface area contributed by atoms with Crippen molar-refractivity contribution in [3.8, 4) is 0 Å². The van der Waals surface area contributed by atoms with Crippen molar-refractivity contribution < 1.29 is 23.5 Å². The summed E-state index contributed by atoms with van der Waals surface area (Å²) in [5.41, 5.74) is 3.15. The third-order valence-electron chi connectivity index (χ3n) is 8.86. The maximum Gasteiger partial charge on any atom is 0.264 e. The highest BCUT2D eigenvalue weighted by molar-refractivity contribution is 6.72. The quantitative estimate of drug-likeness (QED) is 0.173. The van der Waals surface area contributed by atoms with Gasteiger partial charge in [-0.3, -0.25) is 9.59 Å². The van der Waals surface area contributed by atoms with E-state index in [2.05, 4.69) is 10.3 Å². The van der Waals surface area contributed by atoms with Gasteiger partial charge in [-0.2, -0.15) is 0 Å². The number of para-hydroxylation sites is 2. The summed E-state index contributed by atoms with van der Waals surface area (Å²) >= 11 is 0. The van der Waals surface area contributed by atoms with Crippen LogP contribution in [0.15, 0.2) is 79.0 Å². The first-order valence-electron chi connectivity index (χ1n) is 14.5. The molecular formula is C33H36FN3O4Si. The number of nitrogens with zero attached hydrogens (tertiary/aromatic N) is 1. The number of hydrogen-bond donors (Lipinski definition) is 3. The van der Waals surface area contributed by atoms with Crippen LogP contribution in [-0.2, 0) is 32.9 Å². The minimum absolute atomic E-state index is 0.132. The molecule has 1 spiro atoms. The molecule has 0 unspecified atom stereocenters. The van der Waals surface area contributed by atoms with Gasteiger partial charge < -0.3 is 29.2 Å². The van der Waals surface area contributed by atoms with E-state index in [-0.39, 0.29) is 37.8 Å². The third kappa shape index (κ3) is 4.75. The zero-order chi connectivity index (χ0) is 29.6. The summed E-state index contributed by atoms with van der Waals surface area (Å²) in [4.78, 5) is 32.2. The number of amides is 2. The van der Waals surface area contributed by atoms with Crippen LogP contribution in [0.4, 0.5) is 15.5 Å². The average molecular weight is 586 g/mol. The van der Waals surface area contributed by atoms with Crippen molar-refractivity contribution >= 4 is 42.5 Å². The fourth-order valence-corrected chi connectivity index (χ4v) is 9.68. The molecule has 1 fully saturated rings. The number of halogens is 1. The van der Waals surface area contributed by atoms with Crippen molar-refractivity contribution in [2.75, 3.05) is 16.8 Å². The maximum absolute atomic E-state index is 15.7. The van der Waals surface area contributed by atoms with E-state index in [1.54, 1.807) is 18.0 Å². The van der Waals surface area contributed by atoms with Crippen molar-refractivity contribution in [1.29, 1.82) is 0 Å². The number of aliphatic hydroxyl groups excluding tert-OH is 1. The van der Waals surface area contributed by atoms with Crippen molar-refractivity contribution in [1.82, 2.24) is 4.98 Å².